The van der Waals surface area contributed by atoms with E-state index in [1.54, 1.807) is 30.3 Å². The number of rotatable bonds is 7. The second-order valence-corrected chi connectivity index (χ2v) is 6.60. The smallest absolute Gasteiger partial charge is 0.269 e. The molecular weight excluding hydrogens is 368 g/mol. The van der Waals surface area contributed by atoms with Gasteiger partial charge in [-0.25, -0.2) is 0 Å². The van der Waals surface area contributed by atoms with Gasteiger partial charge in [-0.15, -0.1) is 0 Å². The number of halogens is 1. The molecule has 2 amide bonds. The first-order chi connectivity index (χ1) is 12.9. The van der Waals surface area contributed by atoms with Crippen LogP contribution in [0.1, 0.15) is 36.2 Å². The molecule has 6 nitrogen and oxygen atoms in total. The summed E-state index contributed by atoms with van der Waals surface area (Å²) in [7, 11) is 1.50. The van der Waals surface area contributed by atoms with Crippen LogP contribution in [-0.2, 0) is 11.2 Å². The van der Waals surface area contributed by atoms with Crippen LogP contribution in [0.25, 0.3) is 0 Å². The van der Waals surface area contributed by atoms with Crippen LogP contribution in [0.4, 0.5) is 0 Å². The van der Waals surface area contributed by atoms with Crippen LogP contribution < -0.4 is 20.3 Å². The molecule has 27 heavy (non-hydrogen) atoms. The van der Waals surface area contributed by atoms with Crippen LogP contribution in [-0.4, -0.2) is 25.0 Å². The van der Waals surface area contributed by atoms with Crippen molar-refractivity contribution in [3.63, 3.8) is 0 Å². The number of amides is 2. The zero-order chi connectivity index (χ0) is 19.8. The molecule has 7 heteroatoms. The lowest BCUT2D eigenvalue weighted by Crippen LogP contribution is -2.41. The zero-order valence-electron chi connectivity index (χ0n) is 15.5. The second-order valence-electron chi connectivity index (χ2n) is 6.16. The predicted octanol–water partition coefficient (Wildman–Crippen LogP) is 3.53. The number of aryl methyl sites for hydroxylation is 1. The topological polar surface area (TPSA) is 76.7 Å². The van der Waals surface area contributed by atoms with Crippen molar-refractivity contribution >= 4 is 23.4 Å². The Morgan fingerprint density at radius 1 is 1.04 bits per heavy atom. The number of methoxy groups -OCH3 is 1. The highest BCUT2D eigenvalue weighted by molar-refractivity contribution is 6.30. The van der Waals surface area contributed by atoms with E-state index in [4.69, 9.17) is 21.1 Å². The number of carbonyl (C=O) groups is 2. The maximum atomic E-state index is 12.2. The van der Waals surface area contributed by atoms with Crippen molar-refractivity contribution < 1.29 is 19.1 Å². The Labute approximate surface area is 163 Å². The SMILES string of the molecule is COc1cc(C(=O)NNC(=O)CCc2ccc(Cl)cc2)ccc1OC(C)C. The summed E-state index contributed by atoms with van der Waals surface area (Å²) in [6.45, 7) is 3.80. The molecule has 0 fully saturated rings. The molecule has 0 aliphatic rings. The average molecular weight is 391 g/mol. The van der Waals surface area contributed by atoms with Gasteiger partial charge in [0.25, 0.3) is 5.91 Å². The molecule has 0 spiro atoms. The summed E-state index contributed by atoms with van der Waals surface area (Å²) in [5, 5.41) is 0.649. The lowest BCUT2D eigenvalue weighted by atomic mass is 10.1. The van der Waals surface area contributed by atoms with Crippen LogP contribution in [0.15, 0.2) is 42.5 Å². The number of hydrogen-bond acceptors (Lipinski definition) is 4. The number of ether oxygens (including phenoxy) is 2. The van der Waals surface area contributed by atoms with Gasteiger partial charge < -0.3 is 9.47 Å². The highest BCUT2D eigenvalue weighted by Crippen LogP contribution is 2.28. The highest BCUT2D eigenvalue weighted by atomic mass is 35.5. The van der Waals surface area contributed by atoms with Gasteiger partial charge in [-0.2, -0.15) is 0 Å². The van der Waals surface area contributed by atoms with Crippen LogP contribution in [0, 0.1) is 0 Å². The molecule has 0 heterocycles. The third-order valence-electron chi connectivity index (χ3n) is 3.66. The van der Waals surface area contributed by atoms with Crippen molar-refractivity contribution in [1.29, 1.82) is 0 Å². The minimum absolute atomic E-state index is 0.0153. The molecule has 0 aliphatic carbocycles. The third kappa shape index (κ3) is 6.49. The van der Waals surface area contributed by atoms with Crippen molar-refractivity contribution in [2.75, 3.05) is 7.11 Å². The molecule has 0 radical (unpaired) electrons. The van der Waals surface area contributed by atoms with Gasteiger partial charge in [0.2, 0.25) is 5.91 Å². The van der Waals surface area contributed by atoms with Crippen LogP contribution in [0.3, 0.4) is 0 Å². The van der Waals surface area contributed by atoms with E-state index in [2.05, 4.69) is 10.9 Å². The molecule has 0 bridgehead atoms. The standard InChI is InChI=1S/C20H23ClN2O4/c1-13(2)27-17-10-7-15(12-18(17)26-3)20(25)23-22-19(24)11-6-14-4-8-16(21)9-5-14/h4-5,7-10,12-13H,6,11H2,1-3H3,(H,22,24)(H,23,25). The van der Waals surface area contributed by atoms with Crippen molar-refractivity contribution in [1.82, 2.24) is 10.9 Å². The van der Waals surface area contributed by atoms with Crippen LogP contribution in [0.2, 0.25) is 5.02 Å². The molecule has 2 rings (SSSR count). The molecule has 0 aliphatic heterocycles. The summed E-state index contributed by atoms with van der Waals surface area (Å²) in [6.07, 6.45) is 0.777. The summed E-state index contributed by atoms with van der Waals surface area (Å²) in [4.78, 5) is 24.1. The van der Waals surface area contributed by atoms with Crippen molar-refractivity contribution in [2.24, 2.45) is 0 Å². The zero-order valence-corrected chi connectivity index (χ0v) is 16.3. The van der Waals surface area contributed by atoms with E-state index in [1.165, 1.54) is 7.11 Å². The minimum atomic E-state index is -0.441. The number of carbonyl (C=O) groups excluding carboxylic acids is 2. The number of hydrazine groups is 1. The lowest BCUT2D eigenvalue weighted by molar-refractivity contribution is -0.121. The highest BCUT2D eigenvalue weighted by Gasteiger charge is 2.13. The third-order valence-corrected chi connectivity index (χ3v) is 3.91. The summed E-state index contributed by atoms with van der Waals surface area (Å²) >= 11 is 5.83. The van der Waals surface area contributed by atoms with Crippen molar-refractivity contribution in [3.8, 4) is 11.5 Å². The normalized spacial score (nSPS) is 10.4. The van der Waals surface area contributed by atoms with E-state index in [1.807, 2.05) is 26.0 Å². The molecule has 2 N–H and O–H groups in total. The molecule has 144 valence electrons. The molecular formula is C20H23ClN2O4. The first-order valence-corrected chi connectivity index (χ1v) is 8.95. The Morgan fingerprint density at radius 2 is 1.74 bits per heavy atom. The molecule has 0 atom stereocenters. The van der Waals surface area contributed by atoms with Crippen molar-refractivity contribution in [2.45, 2.75) is 32.8 Å². The Hall–Kier alpha value is -2.73. The fourth-order valence-electron chi connectivity index (χ4n) is 2.33. The summed E-state index contributed by atoms with van der Waals surface area (Å²) < 4.78 is 10.9. The molecule has 0 aromatic heterocycles. The summed E-state index contributed by atoms with van der Waals surface area (Å²) in [5.41, 5.74) is 6.15. The van der Waals surface area contributed by atoms with Crippen molar-refractivity contribution in [3.05, 3.63) is 58.6 Å². The fourth-order valence-corrected chi connectivity index (χ4v) is 2.46. The van der Waals surface area contributed by atoms with E-state index < -0.39 is 5.91 Å². The molecule has 2 aromatic rings. The fraction of sp³-hybridized carbons (Fsp3) is 0.300. The summed E-state index contributed by atoms with van der Waals surface area (Å²) in [5.74, 6) is 0.274. The van der Waals surface area contributed by atoms with Gasteiger partial charge in [0, 0.05) is 17.0 Å². The van der Waals surface area contributed by atoms with E-state index in [-0.39, 0.29) is 18.4 Å². The summed E-state index contributed by atoms with van der Waals surface area (Å²) in [6, 6.07) is 12.1. The molecule has 0 unspecified atom stereocenters. The molecule has 0 saturated heterocycles. The maximum Gasteiger partial charge on any atom is 0.269 e. The molecule has 2 aromatic carbocycles. The van der Waals surface area contributed by atoms with E-state index in [0.717, 1.165) is 5.56 Å². The maximum absolute atomic E-state index is 12.2. The largest absolute Gasteiger partial charge is 0.493 e. The van der Waals surface area contributed by atoms with Gasteiger partial charge in [-0.3, -0.25) is 20.4 Å². The Balaban J connectivity index is 1.87. The Bertz CT molecular complexity index is 791. The lowest BCUT2D eigenvalue weighted by Gasteiger charge is -2.14. The number of hydrogen-bond donors (Lipinski definition) is 2. The van der Waals surface area contributed by atoms with Crippen LogP contribution >= 0.6 is 11.6 Å². The van der Waals surface area contributed by atoms with Gasteiger partial charge in [0.1, 0.15) is 0 Å². The van der Waals surface area contributed by atoms with E-state index in [9.17, 15) is 9.59 Å². The minimum Gasteiger partial charge on any atom is -0.493 e. The monoisotopic (exact) mass is 390 g/mol. The quantitative estimate of drug-likeness (QED) is 0.709. The van der Waals surface area contributed by atoms with Gasteiger partial charge in [-0.05, 0) is 56.2 Å². The first kappa shape index (κ1) is 20.6. The van der Waals surface area contributed by atoms with Crippen LogP contribution in [0.5, 0.6) is 11.5 Å². The second kappa shape index (κ2) is 9.83. The number of benzene rings is 2. The van der Waals surface area contributed by atoms with Gasteiger partial charge >= 0.3 is 0 Å². The Morgan fingerprint density at radius 3 is 2.37 bits per heavy atom. The van der Waals surface area contributed by atoms with E-state index in [0.29, 0.717) is 28.5 Å². The van der Waals surface area contributed by atoms with Gasteiger partial charge in [0.15, 0.2) is 11.5 Å². The van der Waals surface area contributed by atoms with Gasteiger partial charge in [-0.1, -0.05) is 23.7 Å². The predicted molar refractivity (Wildman–Crippen MR) is 104 cm³/mol. The molecule has 0 saturated carbocycles. The average Bonchev–Trinajstić information content (AvgIpc) is 2.65. The first-order valence-electron chi connectivity index (χ1n) is 8.57. The number of nitrogens with one attached hydrogen (secondary N) is 2. The Kier molecular flexibility index (Phi) is 7.49. The van der Waals surface area contributed by atoms with E-state index >= 15 is 0 Å². The van der Waals surface area contributed by atoms with Gasteiger partial charge in [0.05, 0.1) is 13.2 Å².